The lowest BCUT2D eigenvalue weighted by atomic mass is 10.1. The van der Waals surface area contributed by atoms with Crippen molar-refractivity contribution in [2.45, 2.75) is 19.9 Å². The van der Waals surface area contributed by atoms with Crippen LogP contribution in [0.4, 0.5) is 0 Å². The van der Waals surface area contributed by atoms with Crippen molar-refractivity contribution in [3.63, 3.8) is 0 Å². The number of hydrogen-bond donors (Lipinski definition) is 2. The van der Waals surface area contributed by atoms with E-state index < -0.39 is 0 Å². The SMILES string of the molecule is Cc1c[nH]cc(C(=O)N2CCN[C@@H](C)C2)c1=O. The van der Waals surface area contributed by atoms with Gasteiger partial charge in [-0.2, -0.15) is 0 Å². The minimum atomic E-state index is -0.181. The summed E-state index contributed by atoms with van der Waals surface area (Å²) in [6.07, 6.45) is 3.10. The lowest BCUT2D eigenvalue weighted by Crippen LogP contribution is -2.52. The summed E-state index contributed by atoms with van der Waals surface area (Å²) in [5.41, 5.74) is 0.623. The van der Waals surface area contributed by atoms with Crippen molar-refractivity contribution in [2.75, 3.05) is 19.6 Å². The Hall–Kier alpha value is -1.62. The molecule has 1 aliphatic heterocycles. The van der Waals surface area contributed by atoms with Crippen molar-refractivity contribution in [1.82, 2.24) is 15.2 Å². The molecule has 0 aliphatic carbocycles. The average Bonchev–Trinajstić information content (AvgIpc) is 2.32. The van der Waals surface area contributed by atoms with E-state index in [1.165, 1.54) is 6.20 Å². The van der Waals surface area contributed by atoms with E-state index in [1.807, 2.05) is 6.92 Å². The molecule has 1 fully saturated rings. The molecule has 2 heterocycles. The van der Waals surface area contributed by atoms with Gasteiger partial charge in [-0.3, -0.25) is 9.59 Å². The van der Waals surface area contributed by atoms with Crippen molar-refractivity contribution in [3.8, 4) is 0 Å². The van der Waals surface area contributed by atoms with Crippen LogP contribution in [0.2, 0.25) is 0 Å². The van der Waals surface area contributed by atoms with E-state index in [2.05, 4.69) is 10.3 Å². The summed E-state index contributed by atoms with van der Waals surface area (Å²) in [4.78, 5) is 28.6. The summed E-state index contributed by atoms with van der Waals surface area (Å²) in [7, 11) is 0. The molecule has 0 radical (unpaired) electrons. The second kappa shape index (κ2) is 4.71. The Kier molecular flexibility index (Phi) is 3.28. The zero-order chi connectivity index (χ0) is 12.4. The van der Waals surface area contributed by atoms with Gasteiger partial charge in [-0.1, -0.05) is 0 Å². The Bertz CT molecular complexity index is 481. The van der Waals surface area contributed by atoms with Crippen molar-refractivity contribution in [3.05, 3.63) is 33.7 Å². The summed E-state index contributed by atoms with van der Waals surface area (Å²) in [5, 5.41) is 3.26. The quantitative estimate of drug-likeness (QED) is 0.726. The van der Waals surface area contributed by atoms with Crippen LogP contribution >= 0.6 is 0 Å². The number of carbonyl (C=O) groups excluding carboxylic acids is 1. The van der Waals surface area contributed by atoms with Gasteiger partial charge in [-0.05, 0) is 13.8 Å². The predicted molar refractivity (Wildman–Crippen MR) is 65.2 cm³/mol. The fourth-order valence-electron chi connectivity index (χ4n) is 2.04. The highest BCUT2D eigenvalue weighted by atomic mass is 16.2. The monoisotopic (exact) mass is 235 g/mol. The Morgan fingerprint density at radius 1 is 1.47 bits per heavy atom. The number of amides is 1. The van der Waals surface area contributed by atoms with Gasteiger partial charge in [0.15, 0.2) is 5.43 Å². The summed E-state index contributed by atoms with van der Waals surface area (Å²) in [6.45, 7) is 5.80. The van der Waals surface area contributed by atoms with Crippen molar-refractivity contribution < 1.29 is 4.79 Å². The van der Waals surface area contributed by atoms with Crippen molar-refractivity contribution >= 4 is 5.91 Å². The number of aromatic nitrogens is 1. The molecule has 1 aliphatic rings. The Morgan fingerprint density at radius 3 is 2.94 bits per heavy atom. The number of H-pyrrole nitrogens is 1. The van der Waals surface area contributed by atoms with Crippen LogP contribution in [0.15, 0.2) is 17.2 Å². The Balaban J connectivity index is 2.25. The number of hydrogen-bond acceptors (Lipinski definition) is 3. The van der Waals surface area contributed by atoms with Gasteiger partial charge in [0.1, 0.15) is 5.56 Å². The fourth-order valence-corrected chi connectivity index (χ4v) is 2.04. The first kappa shape index (κ1) is 11.9. The van der Waals surface area contributed by atoms with E-state index >= 15 is 0 Å². The molecule has 2 rings (SSSR count). The lowest BCUT2D eigenvalue weighted by molar-refractivity contribution is 0.0707. The maximum atomic E-state index is 12.2. The minimum Gasteiger partial charge on any atom is -0.366 e. The van der Waals surface area contributed by atoms with Gasteiger partial charge >= 0.3 is 0 Å². The van der Waals surface area contributed by atoms with E-state index in [-0.39, 0.29) is 22.9 Å². The third-order valence-electron chi connectivity index (χ3n) is 3.02. The van der Waals surface area contributed by atoms with Crippen molar-refractivity contribution in [2.24, 2.45) is 0 Å². The number of pyridine rings is 1. The van der Waals surface area contributed by atoms with Crippen LogP contribution in [0.3, 0.4) is 0 Å². The maximum Gasteiger partial charge on any atom is 0.259 e. The molecule has 92 valence electrons. The Labute approximate surface area is 99.8 Å². The lowest BCUT2D eigenvalue weighted by Gasteiger charge is -2.31. The second-order valence-corrected chi connectivity index (χ2v) is 4.49. The van der Waals surface area contributed by atoms with Gasteiger partial charge in [0.05, 0.1) is 0 Å². The van der Waals surface area contributed by atoms with E-state index in [9.17, 15) is 9.59 Å². The number of carbonyl (C=O) groups is 1. The number of piperazine rings is 1. The molecule has 5 nitrogen and oxygen atoms in total. The highest BCUT2D eigenvalue weighted by Crippen LogP contribution is 2.04. The van der Waals surface area contributed by atoms with E-state index in [0.29, 0.717) is 18.7 Å². The molecule has 17 heavy (non-hydrogen) atoms. The topological polar surface area (TPSA) is 65.2 Å². The summed E-state index contributed by atoms with van der Waals surface area (Å²) >= 11 is 0. The van der Waals surface area contributed by atoms with Crippen LogP contribution in [0.25, 0.3) is 0 Å². The summed E-state index contributed by atoms with van der Waals surface area (Å²) in [6, 6.07) is 0.275. The van der Waals surface area contributed by atoms with Gasteiger partial charge in [0, 0.05) is 43.6 Å². The standard InChI is InChI=1S/C12H17N3O2/c1-8-5-13-6-10(11(8)16)12(17)15-4-3-14-9(2)7-15/h5-6,9,14H,3-4,7H2,1-2H3,(H,13,16)/t9-/m0/s1. The smallest absolute Gasteiger partial charge is 0.259 e. The van der Waals surface area contributed by atoms with Crippen LogP contribution < -0.4 is 10.7 Å². The van der Waals surface area contributed by atoms with Gasteiger partial charge in [0.2, 0.25) is 0 Å². The average molecular weight is 235 g/mol. The molecule has 0 unspecified atom stereocenters. The van der Waals surface area contributed by atoms with E-state index in [4.69, 9.17) is 0 Å². The first-order chi connectivity index (χ1) is 8.09. The zero-order valence-corrected chi connectivity index (χ0v) is 10.1. The van der Waals surface area contributed by atoms with Gasteiger partial charge in [-0.15, -0.1) is 0 Å². The molecule has 5 heteroatoms. The van der Waals surface area contributed by atoms with Crippen LogP contribution in [0, 0.1) is 6.92 Å². The molecule has 1 aromatic rings. The summed E-state index contributed by atoms with van der Waals surface area (Å²) < 4.78 is 0. The highest BCUT2D eigenvalue weighted by molar-refractivity contribution is 5.94. The molecule has 1 saturated heterocycles. The molecule has 1 amide bonds. The van der Waals surface area contributed by atoms with Crippen LogP contribution in [0.1, 0.15) is 22.8 Å². The number of aromatic amines is 1. The first-order valence-electron chi connectivity index (χ1n) is 5.80. The molecular weight excluding hydrogens is 218 g/mol. The number of aryl methyl sites for hydroxylation is 1. The van der Waals surface area contributed by atoms with Gasteiger partial charge in [0.25, 0.3) is 5.91 Å². The molecule has 0 saturated carbocycles. The van der Waals surface area contributed by atoms with E-state index in [0.717, 1.165) is 6.54 Å². The Morgan fingerprint density at radius 2 is 2.24 bits per heavy atom. The largest absolute Gasteiger partial charge is 0.366 e. The van der Waals surface area contributed by atoms with Crippen LogP contribution in [-0.4, -0.2) is 41.5 Å². The third-order valence-corrected chi connectivity index (χ3v) is 3.02. The highest BCUT2D eigenvalue weighted by Gasteiger charge is 2.23. The molecule has 0 spiro atoms. The van der Waals surface area contributed by atoms with Crippen LogP contribution in [0.5, 0.6) is 0 Å². The fraction of sp³-hybridized carbons (Fsp3) is 0.500. The maximum absolute atomic E-state index is 12.2. The molecule has 1 atom stereocenters. The second-order valence-electron chi connectivity index (χ2n) is 4.49. The normalized spacial score (nSPS) is 20.4. The van der Waals surface area contributed by atoms with Gasteiger partial charge < -0.3 is 15.2 Å². The number of nitrogens with zero attached hydrogens (tertiary/aromatic N) is 1. The first-order valence-corrected chi connectivity index (χ1v) is 5.80. The molecule has 1 aromatic heterocycles. The van der Waals surface area contributed by atoms with Crippen molar-refractivity contribution in [1.29, 1.82) is 0 Å². The molecule has 2 N–H and O–H groups in total. The molecular formula is C12H17N3O2. The zero-order valence-electron chi connectivity index (χ0n) is 10.1. The van der Waals surface area contributed by atoms with Crippen LogP contribution in [-0.2, 0) is 0 Å². The molecule has 0 aromatic carbocycles. The minimum absolute atomic E-state index is 0.177. The number of nitrogens with one attached hydrogen (secondary N) is 2. The summed E-state index contributed by atoms with van der Waals surface area (Å²) in [5.74, 6) is -0.177. The number of rotatable bonds is 1. The van der Waals surface area contributed by atoms with E-state index in [1.54, 1.807) is 18.0 Å². The third kappa shape index (κ3) is 2.39. The van der Waals surface area contributed by atoms with Gasteiger partial charge in [-0.25, -0.2) is 0 Å². The predicted octanol–water partition coefficient (Wildman–Crippen LogP) is 0.117. The molecule has 0 bridgehead atoms.